The number of nitrogens with two attached hydrogens (primary N) is 1. The molecule has 0 radical (unpaired) electrons. The van der Waals surface area contributed by atoms with Crippen LogP contribution in [0.2, 0.25) is 5.02 Å². The van der Waals surface area contributed by atoms with E-state index in [2.05, 4.69) is 17.0 Å². The monoisotopic (exact) mass is 313 g/mol. The second kappa shape index (κ2) is 7.49. The van der Waals surface area contributed by atoms with E-state index in [1.807, 2.05) is 0 Å². The second-order valence-electron chi connectivity index (χ2n) is 4.82. The first-order valence-electron chi connectivity index (χ1n) is 6.88. The number of morpholine rings is 1. The lowest BCUT2D eigenvalue weighted by atomic mass is 10.2. The van der Waals surface area contributed by atoms with Crippen LogP contribution in [-0.2, 0) is 4.74 Å². The number of benzene rings is 1. The highest BCUT2D eigenvalue weighted by Gasteiger charge is 2.20. The van der Waals surface area contributed by atoms with Crippen LogP contribution in [0.25, 0.3) is 0 Å². The third-order valence-electron chi connectivity index (χ3n) is 3.42. The van der Waals surface area contributed by atoms with Crippen molar-refractivity contribution in [3.8, 4) is 5.75 Å². The molecular formula is C14H20ClN3O3. The molecule has 0 bridgehead atoms. The van der Waals surface area contributed by atoms with Gasteiger partial charge in [0, 0.05) is 18.1 Å². The molecule has 1 unspecified atom stereocenters. The first-order valence-corrected chi connectivity index (χ1v) is 7.26. The van der Waals surface area contributed by atoms with Crippen LogP contribution in [-0.4, -0.2) is 54.9 Å². The predicted molar refractivity (Wildman–Crippen MR) is 81.3 cm³/mol. The zero-order valence-corrected chi connectivity index (χ0v) is 12.7. The molecule has 0 aromatic heterocycles. The molecule has 116 valence electrons. The topological polar surface area (TPSA) is 80.3 Å². The summed E-state index contributed by atoms with van der Waals surface area (Å²) in [6, 6.07) is 4.97. The summed E-state index contributed by atoms with van der Waals surface area (Å²) in [5.74, 6) is 0.469. The number of halogens is 1. The molecule has 1 saturated heterocycles. The van der Waals surface area contributed by atoms with Crippen LogP contribution >= 0.6 is 11.6 Å². The third kappa shape index (κ3) is 4.23. The quantitative estimate of drug-likeness (QED) is 0.373. The maximum atomic E-state index is 8.81. The number of rotatable bonds is 5. The molecular weight excluding hydrogens is 294 g/mol. The minimum Gasteiger partial charge on any atom is -0.490 e. The van der Waals surface area contributed by atoms with Gasteiger partial charge in [0.05, 0.1) is 12.2 Å². The van der Waals surface area contributed by atoms with E-state index in [1.165, 1.54) is 0 Å². The van der Waals surface area contributed by atoms with Crippen LogP contribution in [0, 0.1) is 0 Å². The normalized spacial score (nSPS) is 20.5. The fraction of sp³-hybridized carbons (Fsp3) is 0.500. The molecule has 6 nitrogen and oxygen atoms in total. The molecule has 0 amide bonds. The second-order valence-corrected chi connectivity index (χ2v) is 5.26. The van der Waals surface area contributed by atoms with Crippen molar-refractivity contribution in [2.75, 3.05) is 32.8 Å². The summed E-state index contributed by atoms with van der Waals surface area (Å²) in [6.07, 6.45) is -0.00202. The Labute approximate surface area is 129 Å². The van der Waals surface area contributed by atoms with Crippen molar-refractivity contribution in [3.63, 3.8) is 0 Å². The van der Waals surface area contributed by atoms with Gasteiger partial charge in [-0.15, -0.1) is 0 Å². The van der Waals surface area contributed by atoms with E-state index in [4.69, 9.17) is 32.0 Å². The van der Waals surface area contributed by atoms with Gasteiger partial charge in [-0.3, -0.25) is 4.90 Å². The van der Waals surface area contributed by atoms with Crippen LogP contribution in [0.5, 0.6) is 5.75 Å². The summed E-state index contributed by atoms with van der Waals surface area (Å²) in [7, 11) is 0. The Kier molecular flexibility index (Phi) is 5.67. The molecule has 0 spiro atoms. The number of hydrogen-bond acceptors (Lipinski definition) is 5. The number of hydrogen-bond donors (Lipinski definition) is 2. The van der Waals surface area contributed by atoms with Crippen molar-refractivity contribution in [2.24, 2.45) is 10.9 Å². The molecule has 21 heavy (non-hydrogen) atoms. The fourth-order valence-corrected chi connectivity index (χ4v) is 2.39. The van der Waals surface area contributed by atoms with E-state index in [9.17, 15) is 0 Å². The van der Waals surface area contributed by atoms with E-state index in [-0.39, 0.29) is 11.9 Å². The SMILES string of the molecule is CCN1CCOC(COc2cc(Cl)ccc2/C(N)=N/O)C1. The van der Waals surface area contributed by atoms with Gasteiger partial charge >= 0.3 is 0 Å². The summed E-state index contributed by atoms with van der Waals surface area (Å²) in [5.41, 5.74) is 6.14. The number of nitrogens with zero attached hydrogens (tertiary/aromatic N) is 2. The Morgan fingerprint density at radius 1 is 1.62 bits per heavy atom. The standard InChI is InChI=1S/C14H20ClN3O3/c1-2-18-5-6-20-11(8-18)9-21-13-7-10(15)3-4-12(13)14(16)17-19/h3-4,7,11,19H,2,5-6,8-9H2,1H3,(H2,16,17). The summed E-state index contributed by atoms with van der Waals surface area (Å²) in [6.45, 7) is 5.98. The lowest BCUT2D eigenvalue weighted by molar-refractivity contribution is -0.0464. The van der Waals surface area contributed by atoms with Gasteiger partial charge in [-0.2, -0.15) is 0 Å². The van der Waals surface area contributed by atoms with Gasteiger partial charge < -0.3 is 20.4 Å². The summed E-state index contributed by atoms with van der Waals surface area (Å²) in [4.78, 5) is 2.31. The van der Waals surface area contributed by atoms with E-state index in [1.54, 1.807) is 18.2 Å². The zero-order valence-electron chi connectivity index (χ0n) is 12.0. The van der Waals surface area contributed by atoms with E-state index in [0.717, 1.165) is 19.6 Å². The Morgan fingerprint density at radius 2 is 2.43 bits per heavy atom. The van der Waals surface area contributed by atoms with Crippen LogP contribution in [0.1, 0.15) is 12.5 Å². The number of likely N-dealkylation sites (N-methyl/N-ethyl adjacent to an activating group) is 1. The molecule has 1 aromatic carbocycles. The van der Waals surface area contributed by atoms with E-state index >= 15 is 0 Å². The molecule has 2 rings (SSSR count). The summed E-state index contributed by atoms with van der Waals surface area (Å²) >= 11 is 5.97. The average Bonchev–Trinajstić information content (AvgIpc) is 2.52. The van der Waals surface area contributed by atoms with E-state index in [0.29, 0.717) is 29.5 Å². The number of amidine groups is 1. The third-order valence-corrected chi connectivity index (χ3v) is 3.66. The molecule has 7 heteroatoms. The van der Waals surface area contributed by atoms with Gasteiger partial charge in [0.15, 0.2) is 5.84 Å². The van der Waals surface area contributed by atoms with Gasteiger partial charge in [-0.05, 0) is 24.7 Å². The first kappa shape index (κ1) is 15.9. The van der Waals surface area contributed by atoms with Crippen LogP contribution in [0.15, 0.2) is 23.4 Å². The van der Waals surface area contributed by atoms with Crippen molar-refractivity contribution >= 4 is 17.4 Å². The van der Waals surface area contributed by atoms with Gasteiger partial charge in [0.25, 0.3) is 0 Å². The molecule has 1 aliphatic rings. The van der Waals surface area contributed by atoms with Crippen LogP contribution in [0.3, 0.4) is 0 Å². The fourth-order valence-electron chi connectivity index (χ4n) is 2.23. The predicted octanol–water partition coefficient (Wildman–Crippen LogP) is 1.53. The Bertz CT molecular complexity index is 510. The van der Waals surface area contributed by atoms with Gasteiger partial charge in [-0.1, -0.05) is 23.7 Å². The first-order chi connectivity index (χ1) is 10.1. The lowest BCUT2D eigenvalue weighted by Crippen LogP contribution is -2.44. The van der Waals surface area contributed by atoms with Crippen LogP contribution < -0.4 is 10.5 Å². The summed E-state index contributed by atoms with van der Waals surface area (Å²) < 4.78 is 11.4. The highest BCUT2D eigenvalue weighted by molar-refractivity contribution is 6.30. The molecule has 1 fully saturated rings. The molecule has 1 aromatic rings. The minimum absolute atomic E-state index is 0.00202. The molecule has 1 heterocycles. The molecule has 0 aliphatic carbocycles. The van der Waals surface area contributed by atoms with Gasteiger partial charge in [0.2, 0.25) is 0 Å². The molecule has 3 N–H and O–H groups in total. The molecule has 0 saturated carbocycles. The largest absolute Gasteiger partial charge is 0.490 e. The Morgan fingerprint density at radius 3 is 3.14 bits per heavy atom. The maximum Gasteiger partial charge on any atom is 0.173 e. The minimum atomic E-state index is -0.0126. The van der Waals surface area contributed by atoms with Gasteiger partial charge in [0.1, 0.15) is 18.5 Å². The van der Waals surface area contributed by atoms with E-state index < -0.39 is 0 Å². The Balaban J connectivity index is 2.04. The van der Waals surface area contributed by atoms with Crippen molar-refractivity contribution < 1.29 is 14.7 Å². The molecule has 1 atom stereocenters. The molecule has 1 aliphatic heterocycles. The van der Waals surface area contributed by atoms with Crippen molar-refractivity contribution in [2.45, 2.75) is 13.0 Å². The maximum absolute atomic E-state index is 8.81. The van der Waals surface area contributed by atoms with Crippen LogP contribution in [0.4, 0.5) is 0 Å². The average molecular weight is 314 g/mol. The zero-order chi connectivity index (χ0) is 15.2. The van der Waals surface area contributed by atoms with Gasteiger partial charge in [-0.25, -0.2) is 0 Å². The number of ether oxygens (including phenoxy) is 2. The Hall–Kier alpha value is -1.50. The lowest BCUT2D eigenvalue weighted by Gasteiger charge is -2.32. The smallest absolute Gasteiger partial charge is 0.173 e. The highest BCUT2D eigenvalue weighted by atomic mass is 35.5. The number of oxime groups is 1. The van der Waals surface area contributed by atoms with Crippen molar-refractivity contribution in [1.29, 1.82) is 0 Å². The summed E-state index contributed by atoms with van der Waals surface area (Å²) in [5, 5.41) is 12.3. The highest BCUT2D eigenvalue weighted by Crippen LogP contribution is 2.24. The van der Waals surface area contributed by atoms with Crippen molar-refractivity contribution in [3.05, 3.63) is 28.8 Å². The van der Waals surface area contributed by atoms with Crippen molar-refractivity contribution in [1.82, 2.24) is 4.90 Å².